The minimum absolute atomic E-state index is 0.664. The van der Waals surface area contributed by atoms with Gasteiger partial charge in [0.1, 0.15) is 5.52 Å². The lowest BCUT2D eigenvalue weighted by molar-refractivity contribution is 0.954. The Balaban J connectivity index is 0.000000124. The van der Waals surface area contributed by atoms with Crippen LogP contribution >= 0.6 is 0 Å². The molecule has 5 nitrogen and oxygen atoms in total. The first-order chi connectivity index (χ1) is 7.47. The van der Waals surface area contributed by atoms with E-state index < -0.39 is 0 Å². The quantitative estimate of drug-likeness (QED) is 0.594. The lowest BCUT2D eigenvalue weighted by atomic mass is 10.4. The summed E-state index contributed by atoms with van der Waals surface area (Å²) >= 11 is 0. The molecule has 0 fully saturated rings. The molecule has 0 bridgehead atoms. The molecule has 0 amide bonds. The summed E-state index contributed by atoms with van der Waals surface area (Å²) in [6, 6.07) is 9.43. The molecule has 0 spiro atoms. The molecule has 0 aliphatic heterocycles. The Hall–Kier alpha value is -2.30. The Labute approximate surface area is 86.2 Å². The number of H-pyrrole nitrogens is 1. The van der Waals surface area contributed by atoms with Gasteiger partial charge in [-0.25, -0.2) is 4.98 Å². The molecule has 0 saturated carbocycles. The van der Waals surface area contributed by atoms with Crippen LogP contribution in [0, 0.1) is 0 Å². The highest BCUT2D eigenvalue weighted by atomic mass is 15.3. The molecule has 0 saturated heterocycles. The van der Waals surface area contributed by atoms with Gasteiger partial charge in [0.2, 0.25) is 5.65 Å². The average Bonchev–Trinajstić information content (AvgIpc) is 2.80. The van der Waals surface area contributed by atoms with Crippen molar-refractivity contribution in [2.24, 2.45) is 0 Å². The van der Waals surface area contributed by atoms with E-state index in [2.05, 4.69) is 25.4 Å². The Morgan fingerprint density at radius 1 is 0.933 bits per heavy atom. The van der Waals surface area contributed by atoms with Gasteiger partial charge < -0.3 is 0 Å². The second kappa shape index (κ2) is 4.80. The zero-order chi connectivity index (χ0) is 10.3. The van der Waals surface area contributed by atoms with Gasteiger partial charge in [0, 0.05) is 18.6 Å². The van der Waals surface area contributed by atoms with Gasteiger partial charge in [0.15, 0.2) is 0 Å². The van der Waals surface area contributed by atoms with Gasteiger partial charge in [-0.15, -0.1) is 5.10 Å². The van der Waals surface area contributed by atoms with E-state index in [0.717, 1.165) is 5.52 Å². The second-order valence-corrected chi connectivity index (χ2v) is 2.71. The third-order valence-corrected chi connectivity index (χ3v) is 1.67. The number of hydrogen-bond acceptors (Lipinski definition) is 4. The number of rotatable bonds is 0. The Morgan fingerprint density at radius 3 is 2.40 bits per heavy atom. The first kappa shape index (κ1) is 9.26. The summed E-state index contributed by atoms with van der Waals surface area (Å²) in [4.78, 5) is 7.72. The van der Waals surface area contributed by atoms with Crippen LogP contribution in [0.3, 0.4) is 0 Å². The van der Waals surface area contributed by atoms with Crippen molar-refractivity contribution in [1.29, 1.82) is 0 Å². The van der Waals surface area contributed by atoms with Crippen LogP contribution < -0.4 is 0 Å². The largest absolute Gasteiger partial charge is 0.265 e. The van der Waals surface area contributed by atoms with Crippen LogP contribution in [0.4, 0.5) is 0 Å². The SMILES string of the molecule is c1ccncc1.c1cnc2nn[nH]c2c1. The lowest BCUT2D eigenvalue weighted by Gasteiger charge is -1.78. The van der Waals surface area contributed by atoms with E-state index in [-0.39, 0.29) is 0 Å². The fourth-order valence-corrected chi connectivity index (χ4v) is 1.00. The van der Waals surface area contributed by atoms with Crippen LogP contribution in [0.2, 0.25) is 0 Å². The van der Waals surface area contributed by atoms with E-state index in [4.69, 9.17) is 0 Å². The third kappa shape index (κ3) is 2.57. The van der Waals surface area contributed by atoms with Crippen LogP contribution in [0.25, 0.3) is 11.2 Å². The van der Waals surface area contributed by atoms with Crippen LogP contribution in [0.15, 0.2) is 48.9 Å². The van der Waals surface area contributed by atoms with Crippen molar-refractivity contribution in [3.8, 4) is 0 Å². The van der Waals surface area contributed by atoms with Gasteiger partial charge in [-0.2, -0.15) is 0 Å². The van der Waals surface area contributed by atoms with E-state index in [1.165, 1.54) is 0 Å². The van der Waals surface area contributed by atoms with E-state index in [1.54, 1.807) is 18.6 Å². The maximum atomic E-state index is 3.94. The molecule has 1 N–H and O–H groups in total. The number of aromatic amines is 1. The van der Waals surface area contributed by atoms with Crippen molar-refractivity contribution in [1.82, 2.24) is 25.4 Å². The number of hydrogen-bond donors (Lipinski definition) is 1. The van der Waals surface area contributed by atoms with Gasteiger partial charge in [-0.3, -0.25) is 10.1 Å². The highest BCUT2D eigenvalue weighted by Crippen LogP contribution is 1.99. The molecule has 15 heavy (non-hydrogen) atoms. The van der Waals surface area contributed by atoms with Crippen LogP contribution in [-0.4, -0.2) is 25.4 Å². The Bertz CT molecular complexity index is 448. The molecule has 0 aliphatic rings. The zero-order valence-corrected chi connectivity index (χ0v) is 7.91. The van der Waals surface area contributed by atoms with Gasteiger partial charge in [0.25, 0.3) is 0 Å². The number of fused-ring (bicyclic) bond motifs is 1. The molecule has 3 aromatic rings. The number of aromatic nitrogens is 5. The fourth-order valence-electron chi connectivity index (χ4n) is 1.00. The Kier molecular flexibility index (Phi) is 2.97. The van der Waals surface area contributed by atoms with Crippen molar-refractivity contribution in [3.63, 3.8) is 0 Å². The first-order valence-corrected chi connectivity index (χ1v) is 4.43. The number of nitrogens with zero attached hydrogens (tertiary/aromatic N) is 4. The number of nitrogens with one attached hydrogen (secondary N) is 1. The monoisotopic (exact) mass is 199 g/mol. The molecule has 3 aromatic heterocycles. The van der Waals surface area contributed by atoms with E-state index in [1.807, 2.05) is 30.3 Å². The van der Waals surface area contributed by atoms with Gasteiger partial charge in [0.05, 0.1) is 0 Å². The Morgan fingerprint density at radius 2 is 1.80 bits per heavy atom. The summed E-state index contributed by atoms with van der Waals surface area (Å²) in [5.74, 6) is 0. The maximum Gasteiger partial charge on any atom is 0.201 e. The topological polar surface area (TPSA) is 67.3 Å². The standard InChI is InChI=1S/C5H4N4.C5H5N/c1-2-4-5(6-3-1)8-9-7-4;1-2-4-6-5-3-1/h1-3H,(H,6,7,8,9);1-5H. The minimum atomic E-state index is 0.664. The summed E-state index contributed by atoms with van der Waals surface area (Å²) in [5.41, 5.74) is 1.54. The van der Waals surface area contributed by atoms with Crippen molar-refractivity contribution >= 4 is 11.2 Å². The predicted molar refractivity (Wildman–Crippen MR) is 55.9 cm³/mol. The first-order valence-electron chi connectivity index (χ1n) is 4.43. The van der Waals surface area contributed by atoms with Gasteiger partial charge in [-0.05, 0) is 24.3 Å². The minimum Gasteiger partial charge on any atom is -0.265 e. The molecule has 74 valence electrons. The maximum absolute atomic E-state index is 3.94. The van der Waals surface area contributed by atoms with Crippen molar-refractivity contribution in [3.05, 3.63) is 48.9 Å². The highest BCUT2D eigenvalue weighted by molar-refractivity contribution is 5.67. The lowest BCUT2D eigenvalue weighted by Crippen LogP contribution is -1.71. The fraction of sp³-hybridized carbons (Fsp3) is 0. The highest BCUT2D eigenvalue weighted by Gasteiger charge is 1.91. The third-order valence-electron chi connectivity index (χ3n) is 1.67. The van der Waals surface area contributed by atoms with E-state index >= 15 is 0 Å². The zero-order valence-electron chi connectivity index (χ0n) is 7.91. The van der Waals surface area contributed by atoms with Crippen LogP contribution in [0.1, 0.15) is 0 Å². The molecule has 5 heteroatoms. The van der Waals surface area contributed by atoms with Crippen LogP contribution in [-0.2, 0) is 0 Å². The molecule has 3 heterocycles. The molecule has 0 aliphatic carbocycles. The summed E-state index contributed by atoms with van der Waals surface area (Å²) in [7, 11) is 0. The van der Waals surface area contributed by atoms with Crippen molar-refractivity contribution < 1.29 is 0 Å². The van der Waals surface area contributed by atoms with Gasteiger partial charge in [-0.1, -0.05) is 11.3 Å². The molecule has 0 aromatic carbocycles. The molecule has 3 rings (SSSR count). The summed E-state index contributed by atoms with van der Waals surface area (Å²) < 4.78 is 0. The molecular formula is C10H9N5. The average molecular weight is 199 g/mol. The smallest absolute Gasteiger partial charge is 0.201 e. The van der Waals surface area contributed by atoms with Crippen molar-refractivity contribution in [2.45, 2.75) is 0 Å². The molecular weight excluding hydrogens is 190 g/mol. The molecule has 0 atom stereocenters. The summed E-state index contributed by atoms with van der Waals surface area (Å²) in [6.45, 7) is 0. The second-order valence-electron chi connectivity index (χ2n) is 2.71. The van der Waals surface area contributed by atoms with E-state index in [9.17, 15) is 0 Å². The molecule has 0 unspecified atom stereocenters. The van der Waals surface area contributed by atoms with Crippen LogP contribution in [0.5, 0.6) is 0 Å². The molecule has 0 radical (unpaired) electrons. The van der Waals surface area contributed by atoms with Gasteiger partial charge >= 0.3 is 0 Å². The number of pyridine rings is 2. The normalized spacial score (nSPS) is 9.33. The predicted octanol–water partition coefficient (Wildman–Crippen LogP) is 1.43. The van der Waals surface area contributed by atoms with Crippen molar-refractivity contribution in [2.75, 3.05) is 0 Å². The summed E-state index contributed by atoms with van der Waals surface area (Å²) in [5, 5.41) is 9.96. The van der Waals surface area contributed by atoms with E-state index in [0.29, 0.717) is 5.65 Å². The summed E-state index contributed by atoms with van der Waals surface area (Å²) in [6.07, 6.45) is 5.19.